The van der Waals surface area contributed by atoms with Crippen LogP contribution in [0.2, 0.25) is 0 Å². The first-order valence-electron chi connectivity index (χ1n) is 2.96. The van der Waals surface area contributed by atoms with Crippen LogP contribution in [0.15, 0.2) is 0 Å². The lowest BCUT2D eigenvalue weighted by Gasteiger charge is -2.21. The third-order valence-electron chi connectivity index (χ3n) is 1.27. The van der Waals surface area contributed by atoms with Crippen molar-refractivity contribution in [3.8, 4) is 0 Å². The van der Waals surface area contributed by atoms with Gasteiger partial charge in [-0.2, -0.15) is 0 Å². The van der Waals surface area contributed by atoms with E-state index in [1.54, 1.807) is 0 Å². The lowest BCUT2D eigenvalue weighted by atomic mass is 10.3. The minimum atomic E-state index is 0. The molecule has 0 amide bonds. The third kappa shape index (κ3) is 3.01. The van der Waals surface area contributed by atoms with E-state index in [9.17, 15) is 0 Å². The molecule has 1 aliphatic heterocycles. The second kappa shape index (κ2) is 4.99. The summed E-state index contributed by atoms with van der Waals surface area (Å²) in [5.41, 5.74) is 5.34. The van der Waals surface area contributed by atoms with E-state index in [1.807, 2.05) is 0 Å². The lowest BCUT2D eigenvalue weighted by Crippen LogP contribution is -2.42. The maximum atomic E-state index is 5.34. The van der Waals surface area contributed by atoms with Gasteiger partial charge in [-0.3, -0.25) is 0 Å². The first-order chi connectivity index (χ1) is 3.93. The van der Waals surface area contributed by atoms with Crippen LogP contribution in [0.3, 0.4) is 0 Å². The highest BCUT2D eigenvalue weighted by atomic mass is 35.5. The molecule has 1 atom stereocenters. The van der Waals surface area contributed by atoms with Crippen molar-refractivity contribution < 1.29 is 4.74 Å². The minimum absolute atomic E-state index is 0. The summed E-state index contributed by atoms with van der Waals surface area (Å²) in [4.78, 5) is 0. The summed E-state index contributed by atoms with van der Waals surface area (Å²) in [6.07, 6.45) is 0.253. The van der Waals surface area contributed by atoms with Gasteiger partial charge in [0.1, 0.15) is 0 Å². The molecule has 9 heavy (non-hydrogen) atoms. The molecular formula is C5H13ClN2O. The molecule has 0 saturated carbocycles. The first-order valence-corrected chi connectivity index (χ1v) is 2.96. The fourth-order valence-electron chi connectivity index (χ4n) is 0.771. The van der Waals surface area contributed by atoms with Crippen molar-refractivity contribution in [2.75, 3.05) is 26.2 Å². The predicted octanol–water partition coefficient (Wildman–Crippen LogP) is -0.645. The van der Waals surface area contributed by atoms with E-state index >= 15 is 0 Å². The molecule has 1 fully saturated rings. The molecular weight excluding hydrogens is 140 g/mol. The normalized spacial score (nSPS) is 27.0. The van der Waals surface area contributed by atoms with Crippen molar-refractivity contribution in [2.24, 2.45) is 5.73 Å². The molecule has 56 valence electrons. The molecule has 4 heteroatoms. The Morgan fingerprint density at radius 2 is 2.44 bits per heavy atom. The summed E-state index contributed by atoms with van der Waals surface area (Å²) in [6, 6.07) is 0. The second-order valence-electron chi connectivity index (χ2n) is 1.93. The van der Waals surface area contributed by atoms with Crippen LogP contribution in [0.25, 0.3) is 0 Å². The molecule has 1 saturated heterocycles. The zero-order valence-corrected chi connectivity index (χ0v) is 6.12. The number of morpholine rings is 1. The van der Waals surface area contributed by atoms with Crippen molar-refractivity contribution in [1.29, 1.82) is 0 Å². The molecule has 0 aliphatic carbocycles. The minimum Gasteiger partial charge on any atom is -0.374 e. The molecule has 0 aromatic carbocycles. The molecule has 0 spiro atoms. The highest BCUT2D eigenvalue weighted by Gasteiger charge is 2.09. The van der Waals surface area contributed by atoms with Crippen molar-refractivity contribution in [2.45, 2.75) is 6.10 Å². The summed E-state index contributed by atoms with van der Waals surface area (Å²) in [5.74, 6) is 0. The van der Waals surface area contributed by atoms with Crippen molar-refractivity contribution in [3.05, 3.63) is 0 Å². The van der Waals surface area contributed by atoms with E-state index in [4.69, 9.17) is 10.5 Å². The smallest absolute Gasteiger partial charge is 0.0822 e. The number of hydrogen-bond acceptors (Lipinski definition) is 3. The highest BCUT2D eigenvalue weighted by Crippen LogP contribution is 1.91. The molecule has 1 rings (SSSR count). The average molecular weight is 153 g/mol. The average Bonchev–Trinajstić information content (AvgIpc) is 1.90. The van der Waals surface area contributed by atoms with E-state index in [0.717, 1.165) is 19.7 Å². The van der Waals surface area contributed by atoms with Gasteiger partial charge in [0.15, 0.2) is 0 Å². The van der Waals surface area contributed by atoms with E-state index < -0.39 is 0 Å². The van der Waals surface area contributed by atoms with Crippen LogP contribution >= 0.6 is 12.4 Å². The summed E-state index contributed by atoms with van der Waals surface area (Å²) in [5, 5.41) is 3.18. The van der Waals surface area contributed by atoms with E-state index in [-0.39, 0.29) is 18.5 Å². The SMILES string of the molecule is Cl.NCC1CNCCO1. The molecule has 0 radical (unpaired) electrons. The Kier molecular flexibility index (Phi) is 5.09. The number of nitrogens with two attached hydrogens (primary N) is 1. The molecule has 0 aromatic heterocycles. The summed E-state index contributed by atoms with van der Waals surface area (Å²) < 4.78 is 5.24. The van der Waals surface area contributed by atoms with Gasteiger partial charge < -0.3 is 15.8 Å². The number of halogens is 1. The lowest BCUT2D eigenvalue weighted by molar-refractivity contribution is 0.0346. The summed E-state index contributed by atoms with van der Waals surface area (Å²) >= 11 is 0. The van der Waals surface area contributed by atoms with Crippen LogP contribution in [0.1, 0.15) is 0 Å². The van der Waals surface area contributed by atoms with Gasteiger partial charge in [-0.1, -0.05) is 0 Å². The Labute approximate surface area is 61.3 Å². The molecule has 0 aromatic rings. The molecule has 3 N–H and O–H groups in total. The molecule has 1 aliphatic rings. The standard InChI is InChI=1S/C5H12N2O.ClH/c6-3-5-4-7-1-2-8-5;/h5,7H,1-4,6H2;1H. The number of nitrogens with one attached hydrogen (secondary N) is 1. The number of hydrogen-bond donors (Lipinski definition) is 2. The first kappa shape index (κ1) is 9.17. The zero-order valence-electron chi connectivity index (χ0n) is 5.30. The molecule has 1 unspecified atom stereocenters. The Morgan fingerprint density at radius 1 is 1.67 bits per heavy atom. The van der Waals surface area contributed by atoms with Gasteiger partial charge in [0, 0.05) is 19.6 Å². The fraction of sp³-hybridized carbons (Fsp3) is 1.00. The predicted molar refractivity (Wildman–Crippen MR) is 38.9 cm³/mol. The molecule has 1 heterocycles. The van der Waals surface area contributed by atoms with Crippen LogP contribution in [0, 0.1) is 0 Å². The topological polar surface area (TPSA) is 47.3 Å². The number of rotatable bonds is 1. The molecule has 3 nitrogen and oxygen atoms in total. The van der Waals surface area contributed by atoms with E-state index in [2.05, 4.69) is 5.32 Å². The van der Waals surface area contributed by atoms with Crippen LogP contribution in [-0.4, -0.2) is 32.3 Å². The van der Waals surface area contributed by atoms with Crippen LogP contribution < -0.4 is 11.1 Å². The Bertz CT molecular complexity index is 66.0. The summed E-state index contributed by atoms with van der Waals surface area (Å²) in [6.45, 7) is 3.32. The van der Waals surface area contributed by atoms with Crippen LogP contribution in [-0.2, 0) is 4.74 Å². The Morgan fingerprint density at radius 3 is 2.78 bits per heavy atom. The fourth-order valence-corrected chi connectivity index (χ4v) is 0.771. The quantitative estimate of drug-likeness (QED) is 0.525. The van der Waals surface area contributed by atoms with Gasteiger partial charge in [0.25, 0.3) is 0 Å². The van der Waals surface area contributed by atoms with Gasteiger partial charge in [-0.15, -0.1) is 12.4 Å². The van der Waals surface area contributed by atoms with Gasteiger partial charge in [-0.05, 0) is 0 Å². The maximum absolute atomic E-state index is 5.34. The maximum Gasteiger partial charge on any atom is 0.0822 e. The van der Waals surface area contributed by atoms with Crippen LogP contribution in [0.4, 0.5) is 0 Å². The zero-order chi connectivity index (χ0) is 5.82. The Hall–Kier alpha value is 0.170. The van der Waals surface area contributed by atoms with Crippen molar-refractivity contribution >= 4 is 12.4 Å². The van der Waals surface area contributed by atoms with E-state index in [1.165, 1.54) is 0 Å². The third-order valence-corrected chi connectivity index (χ3v) is 1.27. The van der Waals surface area contributed by atoms with Gasteiger partial charge in [0.05, 0.1) is 12.7 Å². The van der Waals surface area contributed by atoms with Gasteiger partial charge >= 0.3 is 0 Å². The Balaban J connectivity index is 0.000000640. The molecule has 0 bridgehead atoms. The number of ether oxygens (including phenoxy) is 1. The van der Waals surface area contributed by atoms with Crippen molar-refractivity contribution in [3.63, 3.8) is 0 Å². The van der Waals surface area contributed by atoms with Crippen LogP contribution in [0.5, 0.6) is 0 Å². The summed E-state index contributed by atoms with van der Waals surface area (Å²) in [7, 11) is 0. The van der Waals surface area contributed by atoms with Crippen molar-refractivity contribution in [1.82, 2.24) is 5.32 Å². The van der Waals surface area contributed by atoms with Gasteiger partial charge in [-0.25, -0.2) is 0 Å². The monoisotopic (exact) mass is 152 g/mol. The van der Waals surface area contributed by atoms with Gasteiger partial charge in [0.2, 0.25) is 0 Å². The second-order valence-corrected chi connectivity index (χ2v) is 1.93. The highest BCUT2D eigenvalue weighted by molar-refractivity contribution is 5.85. The van der Waals surface area contributed by atoms with E-state index in [0.29, 0.717) is 6.54 Å². The largest absolute Gasteiger partial charge is 0.374 e.